The quantitative estimate of drug-likeness (QED) is 0.190. The highest BCUT2D eigenvalue weighted by molar-refractivity contribution is 4.50. The van der Waals surface area contributed by atoms with Crippen LogP contribution in [0, 0.1) is 0 Å². The van der Waals surface area contributed by atoms with Gasteiger partial charge in [0.05, 0.1) is 13.2 Å². The molecule has 0 bridgehead atoms. The van der Waals surface area contributed by atoms with Crippen LogP contribution in [0.5, 0.6) is 0 Å². The van der Waals surface area contributed by atoms with Gasteiger partial charge in [-0.25, -0.2) is 0 Å². The van der Waals surface area contributed by atoms with Gasteiger partial charge in [0.1, 0.15) is 0 Å². The van der Waals surface area contributed by atoms with Crippen LogP contribution in [-0.4, -0.2) is 35.1 Å². The van der Waals surface area contributed by atoms with Gasteiger partial charge in [-0.3, -0.25) is 0 Å². The fourth-order valence-electron chi connectivity index (χ4n) is 3.37. The van der Waals surface area contributed by atoms with E-state index in [0.29, 0.717) is 6.61 Å². The zero-order chi connectivity index (χ0) is 20.3. The summed E-state index contributed by atoms with van der Waals surface area (Å²) in [5, 5.41) is 24.0. The number of hydrogen-bond donors (Lipinski definition) is 3. The van der Waals surface area contributed by atoms with Crippen molar-refractivity contribution in [2.24, 2.45) is 0 Å². The molecule has 0 aliphatic carbocycles. The Morgan fingerprint density at radius 2 is 0.519 bits per heavy atom. The minimum atomic E-state index is -0.125. The summed E-state index contributed by atoms with van der Waals surface area (Å²) in [5.74, 6) is 0. The topological polar surface area (TPSA) is 60.7 Å². The first kappa shape index (κ1) is 29.1. The molecule has 0 amide bonds. The van der Waals surface area contributed by atoms with E-state index in [9.17, 15) is 0 Å². The number of hydrogen-bond acceptors (Lipinski definition) is 3. The average Bonchev–Trinajstić information content (AvgIpc) is 2.70. The second kappa shape index (κ2) is 30.6. The van der Waals surface area contributed by atoms with Crippen LogP contribution in [0.2, 0.25) is 0 Å². The summed E-state index contributed by atoms with van der Waals surface area (Å²) < 4.78 is 0. The van der Waals surface area contributed by atoms with E-state index in [2.05, 4.69) is 6.92 Å². The standard InChI is InChI=1S/C22H46O.C2H6O2/c1-2-3-4-5-6-7-8-9-10-11-12-13-14-15-16-17-18-19-20-21-22-23;3-1-2-4/h23H,2-22H2,1H3;3-4H,1-2H2. The SMILES string of the molecule is CCCCCCCCCCCCCCCCCCCCCCO.OCCO. The van der Waals surface area contributed by atoms with Gasteiger partial charge in [0.15, 0.2) is 0 Å². The molecule has 3 N–H and O–H groups in total. The molecule has 3 nitrogen and oxygen atoms in total. The number of aliphatic hydroxyl groups is 3. The van der Waals surface area contributed by atoms with Gasteiger partial charge in [0, 0.05) is 6.61 Å². The maximum absolute atomic E-state index is 8.71. The van der Waals surface area contributed by atoms with Gasteiger partial charge in [-0.2, -0.15) is 0 Å². The molecule has 27 heavy (non-hydrogen) atoms. The molecule has 0 aliphatic rings. The van der Waals surface area contributed by atoms with Crippen LogP contribution in [-0.2, 0) is 0 Å². The maximum Gasteiger partial charge on any atom is 0.0662 e. The van der Waals surface area contributed by atoms with Gasteiger partial charge in [-0.15, -0.1) is 0 Å². The normalized spacial score (nSPS) is 10.7. The first-order chi connectivity index (χ1) is 13.3. The lowest BCUT2D eigenvalue weighted by Gasteiger charge is -2.03. The first-order valence-electron chi connectivity index (χ1n) is 12.2. The molecule has 0 radical (unpaired) electrons. The van der Waals surface area contributed by atoms with E-state index in [1.165, 1.54) is 122 Å². The molecular weight excluding hydrogens is 336 g/mol. The highest BCUT2D eigenvalue weighted by Crippen LogP contribution is 2.14. The van der Waals surface area contributed by atoms with Crippen molar-refractivity contribution < 1.29 is 15.3 Å². The molecule has 166 valence electrons. The van der Waals surface area contributed by atoms with E-state index in [1.54, 1.807) is 0 Å². The van der Waals surface area contributed by atoms with E-state index >= 15 is 0 Å². The minimum absolute atomic E-state index is 0.125. The van der Waals surface area contributed by atoms with Gasteiger partial charge >= 0.3 is 0 Å². The summed E-state index contributed by atoms with van der Waals surface area (Å²) >= 11 is 0. The van der Waals surface area contributed by atoms with Crippen molar-refractivity contribution in [1.82, 2.24) is 0 Å². The van der Waals surface area contributed by atoms with Crippen molar-refractivity contribution in [2.45, 2.75) is 135 Å². The highest BCUT2D eigenvalue weighted by atomic mass is 16.3. The lowest BCUT2D eigenvalue weighted by molar-refractivity contribution is 0.186. The van der Waals surface area contributed by atoms with E-state index in [4.69, 9.17) is 15.3 Å². The fraction of sp³-hybridized carbons (Fsp3) is 1.00. The summed E-state index contributed by atoms with van der Waals surface area (Å²) in [6.07, 6.45) is 28.1. The van der Waals surface area contributed by atoms with Crippen molar-refractivity contribution in [3.05, 3.63) is 0 Å². The van der Waals surface area contributed by atoms with Crippen molar-refractivity contribution in [2.75, 3.05) is 19.8 Å². The van der Waals surface area contributed by atoms with Gasteiger partial charge in [0.2, 0.25) is 0 Å². The molecule has 0 fully saturated rings. The number of rotatable bonds is 21. The average molecular weight is 389 g/mol. The third kappa shape index (κ3) is 33.9. The molecule has 0 aromatic carbocycles. The van der Waals surface area contributed by atoms with Crippen LogP contribution in [0.1, 0.15) is 135 Å². The Morgan fingerprint density at radius 1 is 0.296 bits per heavy atom. The Kier molecular flexibility index (Phi) is 33.0. The summed E-state index contributed by atoms with van der Waals surface area (Å²) in [6.45, 7) is 2.42. The largest absolute Gasteiger partial charge is 0.396 e. The second-order valence-electron chi connectivity index (χ2n) is 7.89. The van der Waals surface area contributed by atoms with Gasteiger partial charge in [-0.1, -0.05) is 129 Å². The Bertz CT molecular complexity index is 200. The third-order valence-electron chi connectivity index (χ3n) is 5.11. The molecule has 0 spiro atoms. The fourth-order valence-corrected chi connectivity index (χ4v) is 3.37. The molecule has 0 rings (SSSR count). The zero-order valence-corrected chi connectivity index (χ0v) is 18.6. The maximum atomic E-state index is 8.71. The predicted octanol–water partition coefficient (Wildman–Crippen LogP) is 6.77. The van der Waals surface area contributed by atoms with Crippen LogP contribution >= 0.6 is 0 Å². The predicted molar refractivity (Wildman–Crippen MR) is 119 cm³/mol. The lowest BCUT2D eigenvalue weighted by atomic mass is 10.0. The van der Waals surface area contributed by atoms with Gasteiger partial charge in [-0.05, 0) is 6.42 Å². The Morgan fingerprint density at radius 3 is 0.704 bits per heavy atom. The van der Waals surface area contributed by atoms with Crippen molar-refractivity contribution in [1.29, 1.82) is 0 Å². The number of unbranched alkanes of at least 4 members (excludes halogenated alkanes) is 19. The van der Waals surface area contributed by atoms with Crippen LogP contribution < -0.4 is 0 Å². The van der Waals surface area contributed by atoms with E-state index in [0.717, 1.165) is 6.42 Å². The van der Waals surface area contributed by atoms with E-state index < -0.39 is 0 Å². The highest BCUT2D eigenvalue weighted by Gasteiger charge is 1.95. The van der Waals surface area contributed by atoms with Crippen LogP contribution in [0.15, 0.2) is 0 Å². The van der Waals surface area contributed by atoms with Crippen LogP contribution in [0.25, 0.3) is 0 Å². The molecule has 3 heteroatoms. The van der Waals surface area contributed by atoms with E-state index in [-0.39, 0.29) is 13.2 Å². The van der Waals surface area contributed by atoms with Crippen molar-refractivity contribution in [3.63, 3.8) is 0 Å². The molecule has 0 unspecified atom stereocenters. The number of aliphatic hydroxyl groups excluding tert-OH is 3. The van der Waals surface area contributed by atoms with Crippen LogP contribution in [0.3, 0.4) is 0 Å². The van der Waals surface area contributed by atoms with Crippen LogP contribution in [0.4, 0.5) is 0 Å². The summed E-state index contributed by atoms with van der Waals surface area (Å²) in [6, 6.07) is 0. The molecule has 0 aromatic heterocycles. The lowest BCUT2D eigenvalue weighted by Crippen LogP contribution is -1.85. The van der Waals surface area contributed by atoms with Gasteiger partial charge < -0.3 is 15.3 Å². The zero-order valence-electron chi connectivity index (χ0n) is 18.6. The second-order valence-corrected chi connectivity index (χ2v) is 7.89. The molecule has 0 aromatic rings. The Balaban J connectivity index is 0. The minimum Gasteiger partial charge on any atom is -0.396 e. The summed E-state index contributed by atoms with van der Waals surface area (Å²) in [7, 11) is 0. The van der Waals surface area contributed by atoms with Crippen molar-refractivity contribution >= 4 is 0 Å². The molecule has 0 saturated heterocycles. The Labute approximate surface area is 171 Å². The smallest absolute Gasteiger partial charge is 0.0662 e. The van der Waals surface area contributed by atoms with E-state index in [1.807, 2.05) is 0 Å². The Hall–Kier alpha value is -0.120. The first-order valence-corrected chi connectivity index (χ1v) is 12.2. The molecule has 0 atom stereocenters. The van der Waals surface area contributed by atoms with Crippen molar-refractivity contribution in [3.8, 4) is 0 Å². The molecule has 0 saturated carbocycles. The molecule has 0 heterocycles. The summed E-state index contributed by atoms with van der Waals surface area (Å²) in [5.41, 5.74) is 0. The van der Waals surface area contributed by atoms with Gasteiger partial charge in [0.25, 0.3) is 0 Å². The monoisotopic (exact) mass is 388 g/mol. The summed E-state index contributed by atoms with van der Waals surface area (Å²) in [4.78, 5) is 0. The third-order valence-corrected chi connectivity index (χ3v) is 5.11. The molecule has 0 aliphatic heterocycles. The molecular formula is C24H52O3.